The van der Waals surface area contributed by atoms with E-state index >= 15 is 0 Å². The predicted octanol–water partition coefficient (Wildman–Crippen LogP) is 3.13. The van der Waals surface area contributed by atoms with Gasteiger partial charge in [0.25, 0.3) is 10.0 Å². The minimum Gasteiger partial charge on any atom is -0.312 e. The molecule has 2 aromatic carbocycles. The highest BCUT2D eigenvalue weighted by Crippen LogP contribution is 2.29. The highest BCUT2D eigenvalue weighted by atomic mass is 32.2. The Kier molecular flexibility index (Phi) is 4.82. The molecule has 1 aliphatic heterocycles. The van der Waals surface area contributed by atoms with Crippen LogP contribution < -0.4 is 9.62 Å². The van der Waals surface area contributed by atoms with Crippen molar-refractivity contribution in [1.29, 1.82) is 0 Å². The molecule has 1 saturated heterocycles. The van der Waals surface area contributed by atoms with Gasteiger partial charge in [0.05, 0.1) is 10.6 Å². The fraction of sp³-hybridized carbons (Fsp3) is 0.263. The molecular weight excluding hydrogens is 352 g/mol. The van der Waals surface area contributed by atoms with E-state index in [1.165, 1.54) is 31.2 Å². The van der Waals surface area contributed by atoms with Crippen LogP contribution in [0.25, 0.3) is 0 Å². The van der Waals surface area contributed by atoms with Crippen LogP contribution in [-0.2, 0) is 14.8 Å². The number of hydrogen-bond acceptors (Lipinski definition) is 4. The number of nitrogens with one attached hydrogen (secondary N) is 1. The molecule has 136 valence electrons. The summed E-state index contributed by atoms with van der Waals surface area (Å²) in [6.07, 6.45) is 1.31. The Morgan fingerprint density at radius 2 is 1.81 bits per heavy atom. The molecule has 1 heterocycles. The molecule has 0 radical (unpaired) electrons. The van der Waals surface area contributed by atoms with Gasteiger partial charge in [0, 0.05) is 24.2 Å². The third kappa shape index (κ3) is 3.62. The van der Waals surface area contributed by atoms with Crippen molar-refractivity contribution in [2.24, 2.45) is 0 Å². The average molecular weight is 372 g/mol. The van der Waals surface area contributed by atoms with Crippen molar-refractivity contribution in [3.63, 3.8) is 0 Å². The number of anilines is 2. The Balaban J connectivity index is 1.88. The van der Waals surface area contributed by atoms with E-state index in [-0.39, 0.29) is 16.6 Å². The van der Waals surface area contributed by atoms with Crippen molar-refractivity contribution in [2.75, 3.05) is 16.2 Å². The molecule has 7 heteroatoms. The first-order chi connectivity index (χ1) is 12.3. The van der Waals surface area contributed by atoms with Gasteiger partial charge in [-0.05, 0) is 50.1 Å². The second kappa shape index (κ2) is 6.92. The van der Waals surface area contributed by atoms with E-state index in [1.54, 1.807) is 23.1 Å². The second-order valence-corrected chi connectivity index (χ2v) is 8.02. The number of aryl methyl sites for hydroxylation is 1. The first-order valence-electron chi connectivity index (χ1n) is 8.33. The summed E-state index contributed by atoms with van der Waals surface area (Å²) >= 11 is 0. The molecule has 1 amide bonds. The third-order valence-corrected chi connectivity index (χ3v) is 5.79. The summed E-state index contributed by atoms with van der Waals surface area (Å²) in [7, 11) is -3.79. The molecule has 1 N–H and O–H groups in total. The van der Waals surface area contributed by atoms with Crippen LogP contribution in [0.4, 0.5) is 11.4 Å². The molecule has 0 aliphatic carbocycles. The Hall–Kier alpha value is -2.67. The van der Waals surface area contributed by atoms with Crippen LogP contribution in [0, 0.1) is 6.92 Å². The number of ketones is 1. The lowest BCUT2D eigenvalue weighted by Gasteiger charge is -2.19. The maximum absolute atomic E-state index is 12.6. The summed E-state index contributed by atoms with van der Waals surface area (Å²) in [5.74, 6) is -0.0757. The van der Waals surface area contributed by atoms with Crippen LogP contribution in [0.15, 0.2) is 47.4 Å². The summed E-state index contributed by atoms with van der Waals surface area (Å²) in [6.45, 7) is 3.96. The van der Waals surface area contributed by atoms with Crippen LogP contribution >= 0.6 is 0 Å². The van der Waals surface area contributed by atoms with E-state index in [4.69, 9.17) is 0 Å². The van der Waals surface area contributed by atoms with Gasteiger partial charge in [-0.25, -0.2) is 8.42 Å². The van der Waals surface area contributed by atoms with Crippen molar-refractivity contribution >= 4 is 33.1 Å². The fourth-order valence-corrected chi connectivity index (χ4v) is 4.00. The van der Waals surface area contributed by atoms with Crippen LogP contribution in [0.1, 0.15) is 35.7 Å². The maximum Gasteiger partial charge on any atom is 0.261 e. The topological polar surface area (TPSA) is 83.6 Å². The van der Waals surface area contributed by atoms with Crippen molar-refractivity contribution in [2.45, 2.75) is 31.6 Å². The minimum atomic E-state index is -3.79. The van der Waals surface area contributed by atoms with Crippen LogP contribution in [0.3, 0.4) is 0 Å². The average Bonchev–Trinajstić information content (AvgIpc) is 3.02. The van der Waals surface area contributed by atoms with Gasteiger partial charge in [0.2, 0.25) is 5.91 Å². The molecule has 0 spiro atoms. The number of nitrogens with zero attached hydrogens (tertiary/aromatic N) is 1. The number of Topliss-reactive ketones (excluding diaryl/α,β-unsaturated/α-hetero) is 1. The zero-order valence-electron chi connectivity index (χ0n) is 14.7. The minimum absolute atomic E-state index is 0.0490. The molecule has 2 aromatic rings. The van der Waals surface area contributed by atoms with Gasteiger partial charge in [-0.15, -0.1) is 0 Å². The maximum atomic E-state index is 12.6. The van der Waals surface area contributed by atoms with Gasteiger partial charge in [0.1, 0.15) is 0 Å². The van der Waals surface area contributed by atoms with Gasteiger partial charge in [-0.2, -0.15) is 0 Å². The predicted molar refractivity (Wildman–Crippen MR) is 100 cm³/mol. The monoisotopic (exact) mass is 372 g/mol. The van der Waals surface area contributed by atoms with E-state index < -0.39 is 10.0 Å². The summed E-state index contributed by atoms with van der Waals surface area (Å²) in [5.41, 5.74) is 2.48. The van der Waals surface area contributed by atoms with Gasteiger partial charge in [-0.1, -0.05) is 18.2 Å². The Morgan fingerprint density at radius 3 is 2.38 bits per heavy atom. The lowest BCUT2D eigenvalue weighted by molar-refractivity contribution is -0.117. The molecule has 1 fully saturated rings. The second-order valence-electron chi connectivity index (χ2n) is 6.34. The summed E-state index contributed by atoms with van der Waals surface area (Å²) in [5, 5.41) is 0. The first-order valence-corrected chi connectivity index (χ1v) is 9.81. The summed E-state index contributed by atoms with van der Waals surface area (Å²) in [6, 6.07) is 10.9. The van der Waals surface area contributed by atoms with Gasteiger partial charge in [0.15, 0.2) is 5.78 Å². The van der Waals surface area contributed by atoms with Crippen molar-refractivity contribution in [3.8, 4) is 0 Å². The Morgan fingerprint density at radius 1 is 1.12 bits per heavy atom. The largest absolute Gasteiger partial charge is 0.312 e. The molecule has 0 saturated carbocycles. The molecule has 0 aromatic heterocycles. The van der Waals surface area contributed by atoms with Crippen LogP contribution in [0.2, 0.25) is 0 Å². The quantitative estimate of drug-likeness (QED) is 0.818. The number of carbonyl (C=O) groups excluding carboxylic acids is 2. The number of carbonyl (C=O) groups is 2. The number of hydrogen-bond donors (Lipinski definition) is 1. The van der Waals surface area contributed by atoms with Gasteiger partial charge < -0.3 is 4.90 Å². The van der Waals surface area contributed by atoms with E-state index in [2.05, 4.69) is 4.72 Å². The van der Waals surface area contributed by atoms with Crippen LogP contribution in [0.5, 0.6) is 0 Å². The smallest absolute Gasteiger partial charge is 0.261 e. The highest BCUT2D eigenvalue weighted by Gasteiger charge is 2.24. The number of rotatable bonds is 5. The fourth-order valence-electron chi connectivity index (χ4n) is 2.95. The first kappa shape index (κ1) is 18.1. The van der Waals surface area contributed by atoms with E-state index in [0.717, 1.165) is 17.7 Å². The molecule has 6 nitrogen and oxygen atoms in total. The standard InChI is InChI=1S/C19H20N2O4S/c1-13-5-8-16(12-18(13)21-11-3-4-19(21)23)20-26(24,25)17-9-6-15(7-10-17)14(2)22/h5-10,12,20H,3-4,11H2,1-2H3. The normalized spacial score (nSPS) is 14.5. The van der Waals surface area contributed by atoms with E-state index in [9.17, 15) is 18.0 Å². The Labute approximate surface area is 152 Å². The molecule has 0 unspecified atom stereocenters. The van der Waals surface area contributed by atoms with Gasteiger partial charge >= 0.3 is 0 Å². The van der Waals surface area contributed by atoms with Gasteiger partial charge in [-0.3, -0.25) is 14.3 Å². The SMILES string of the molecule is CC(=O)c1ccc(S(=O)(=O)Nc2ccc(C)c(N3CCCC3=O)c2)cc1. The third-order valence-electron chi connectivity index (χ3n) is 4.40. The Bertz CT molecular complexity index is 966. The molecule has 3 rings (SSSR count). The van der Waals surface area contributed by atoms with E-state index in [1.807, 2.05) is 6.92 Å². The number of sulfonamides is 1. The summed E-state index contributed by atoms with van der Waals surface area (Å²) in [4.78, 5) is 25.1. The highest BCUT2D eigenvalue weighted by molar-refractivity contribution is 7.92. The molecule has 1 aliphatic rings. The summed E-state index contributed by atoms with van der Waals surface area (Å²) < 4.78 is 27.7. The van der Waals surface area contributed by atoms with Crippen molar-refractivity contribution in [1.82, 2.24) is 0 Å². The zero-order chi connectivity index (χ0) is 18.9. The lowest BCUT2D eigenvalue weighted by atomic mass is 10.1. The number of amides is 1. The molecule has 0 atom stereocenters. The van der Waals surface area contributed by atoms with Crippen molar-refractivity contribution < 1.29 is 18.0 Å². The molecular formula is C19H20N2O4S. The molecule has 26 heavy (non-hydrogen) atoms. The number of benzene rings is 2. The zero-order valence-corrected chi connectivity index (χ0v) is 15.5. The molecule has 0 bridgehead atoms. The van der Waals surface area contributed by atoms with Crippen molar-refractivity contribution in [3.05, 3.63) is 53.6 Å². The van der Waals surface area contributed by atoms with Crippen LogP contribution in [-0.4, -0.2) is 26.7 Å². The van der Waals surface area contributed by atoms with E-state index in [0.29, 0.717) is 24.2 Å². The lowest BCUT2D eigenvalue weighted by Crippen LogP contribution is -2.24.